The van der Waals surface area contributed by atoms with Gasteiger partial charge in [-0.05, 0) is 31.5 Å². The summed E-state index contributed by atoms with van der Waals surface area (Å²) in [4.78, 5) is 0. The first-order valence-electron chi connectivity index (χ1n) is 5.82. The van der Waals surface area contributed by atoms with Gasteiger partial charge in [0.2, 0.25) is 0 Å². The number of ether oxygens (including phenoxy) is 3. The lowest BCUT2D eigenvalue weighted by molar-refractivity contribution is 0.0894. The van der Waals surface area contributed by atoms with Crippen molar-refractivity contribution in [2.24, 2.45) is 5.73 Å². The third-order valence-corrected chi connectivity index (χ3v) is 2.27. The van der Waals surface area contributed by atoms with Crippen molar-refractivity contribution in [1.82, 2.24) is 0 Å². The second-order valence-electron chi connectivity index (χ2n) is 3.80. The van der Waals surface area contributed by atoms with Gasteiger partial charge in [0.1, 0.15) is 6.10 Å². The minimum absolute atomic E-state index is 0.0112. The highest BCUT2D eigenvalue weighted by Gasteiger charge is 2.10. The summed E-state index contributed by atoms with van der Waals surface area (Å²) < 4.78 is 16.3. The molecule has 0 amide bonds. The van der Waals surface area contributed by atoms with Gasteiger partial charge in [0.25, 0.3) is 0 Å². The van der Waals surface area contributed by atoms with Crippen LogP contribution in [-0.2, 0) is 11.3 Å². The lowest BCUT2D eigenvalue weighted by atomic mass is 10.2. The molecule has 1 aromatic carbocycles. The molecule has 0 saturated heterocycles. The van der Waals surface area contributed by atoms with Gasteiger partial charge in [-0.25, -0.2) is 0 Å². The van der Waals surface area contributed by atoms with Crippen LogP contribution in [0.1, 0.15) is 19.4 Å². The molecule has 0 spiro atoms. The van der Waals surface area contributed by atoms with Crippen LogP contribution in [-0.4, -0.2) is 26.4 Å². The third kappa shape index (κ3) is 4.24. The van der Waals surface area contributed by atoms with E-state index in [9.17, 15) is 0 Å². The topological polar surface area (TPSA) is 53.7 Å². The number of hydrogen-bond acceptors (Lipinski definition) is 4. The van der Waals surface area contributed by atoms with Gasteiger partial charge in [-0.2, -0.15) is 0 Å². The van der Waals surface area contributed by atoms with Crippen molar-refractivity contribution in [2.45, 2.75) is 26.5 Å². The Kier molecular flexibility index (Phi) is 5.80. The van der Waals surface area contributed by atoms with Gasteiger partial charge in [-0.15, -0.1) is 0 Å². The predicted molar refractivity (Wildman–Crippen MR) is 67.5 cm³/mol. The number of benzene rings is 1. The fourth-order valence-electron chi connectivity index (χ4n) is 1.53. The lowest BCUT2D eigenvalue weighted by Gasteiger charge is -2.17. The first kappa shape index (κ1) is 13.8. The van der Waals surface area contributed by atoms with E-state index in [1.54, 1.807) is 7.11 Å². The highest BCUT2D eigenvalue weighted by Crippen LogP contribution is 2.29. The molecule has 0 aliphatic rings. The van der Waals surface area contributed by atoms with Crippen molar-refractivity contribution in [3.05, 3.63) is 23.8 Å². The first-order chi connectivity index (χ1) is 8.21. The summed E-state index contributed by atoms with van der Waals surface area (Å²) in [5, 5.41) is 0. The van der Waals surface area contributed by atoms with Gasteiger partial charge in [-0.1, -0.05) is 6.07 Å². The molecule has 2 N–H and O–H groups in total. The Bertz CT molecular complexity index is 341. The number of nitrogens with two attached hydrogens (primary N) is 1. The van der Waals surface area contributed by atoms with E-state index in [2.05, 4.69) is 0 Å². The second-order valence-corrected chi connectivity index (χ2v) is 3.80. The lowest BCUT2D eigenvalue weighted by Crippen LogP contribution is -2.18. The molecule has 0 fully saturated rings. The van der Waals surface area contributed by atoms with Crippen molar-refractivity contribution < 1.29 is 14.2 Å². The zero-order chi connectivity index (χ0) is 12.7. The largest absolute Gasteiger partial charge is 0.490 e. The van der Waals surface area contributed by atoms with Crippen LogP contribution in [0.2, 0.25) is 0 Å². The Hall–Kier alpha value is -1.26. The Morgan fingerprint density at radius 1 is 1.29 bits per heavy atom. The summed E-state index contributed by atoms with van der Waals surface area (Å²) in [6.07, 6.45) is -0.0112. The summed E-state index contributed by atoms with van der Waals surface area (Å²) in [6.45, 7) is 5.54. The zero-order valence-corrected chi connectivity index (χ0v) is 10.7. The molecular formula is C13H21NO3. The Balaban J connectivity index is 2.81. The molecule has 4 nitrogen and oxygen atoms in total. The van der Waals surface area contributed by atoms with Crippen LogP contribution in [0.4, 0.5) is 0 Å². The average Bonchev–Trinajstić information content (AvgIpc) is 2.32. The molecule has 0 heterocycles. The number of methoxy groups -OCH3 is 1. The van der Waals surface area contributed by atoms with Crippen molar-refractivity contribution in [2.75, 3.05) is 20.3 Å². The van der Waals surface area contributed by atoms with Gasteiger partial charge in [0.05, 0.1) is 13.2 Å². The van der Waals surface area contributed by atoms with E-state index in [4.69, 9.17) is 19.9 Å². The molecule has 0 saturated carbocycles. The molecule has 0 aromatic heterocycles. The molecule has 4 heteroatoms. The van der Waals surface area contributed by atoms with E-state index in [1.807, 2.05) is 32.0 Å². The molecule has 96 valence electrons. The molecule has 0 aliphatic carbocycles. The quantitative estimate of drug-likeness (QED) is 0.790. The minimum Gasteiger partial charge on any atom is -0.490 e. The van der Waals surface area contributed by atoms with Crippen molar-refractivity contribution in [3.63, 3.8) is 0 Å². The van der Waals surface area contributed by atoms with Gasteiger partial charge in [0.15, 0.2) is 11.5 Å². The van der Waals surface area contributed by atoms with Crippen LogP contribution in [0.25, 0.3) is 0 Å². The van der Waals surface area contributed by atoms with E-state index in [1.165, 1.54) is 0 Å². The zero-order valence-electron chi connectivity index (χ0n) is 10.7. The van der Waals surface area contributed by atoms with Crippen LogP contribution in [0.3, 0.4) is 0 Å². The van der Waals surface area contributed by atoms with E-state index in [0.29, 0.717) is 19.8 Å². The summed E-state index contributed by atoms with van der Waals surface area (Å²) in [6, 6.07) is 5.75. The van der Waals surface area contributed by atoms with Gasteiger partial charge in [0, 0.05) is 13.7 Å². The van der Waals surface area contributed by atoms with Crippen LogP contribution in [0, 0.1) is 0 Å². The fourth-order valence-corrected chi connectivity index (χ4v) is 1.53. The number of hydrogen-bond donors (Lipinski definition) is 1. The standard InChI is InChI=1S/C13H21NO3/c1-4-16-13-7-11(8-14)5-6-12(13)17-10(2)9-15-3/h5-7,10H,4,8-9,14H2,1-3H3. The highest BCUT2D eigenvalue weighted by atomic mass is 16.5. The van der Waals surface area contributed by atoms with Crippen molar-refractivity contribution >= 4 is 0 Å². The third-order valence-electron chi connectivity index (χ3n) is 2.27. The first-order valence-corrected chi connectivity index (χ1v) is 5.82. The van der Waals surface area contributed by atoms with E-state index >= 15 is 0 Å². The van der Waals surface area contributed by atoms with Crippen molar-refractivity contribution in [3.8, 4) is 11.5 Å². The molecule has 17 heavy (non-hydrogen) atoms. The monoisotopic (exact) mass is 239 g/mol. The van der Waals surface area contributed by atoms with Crippen LogP contribution in [0.15, 0.2) is 18.2 Å². The molecule has 0 radical (unpaired) electrons. The normalized spacial score (nSPS) is 12.2. The van der Waals surface area contributed by atoms with Crippen LogP contribution in [0.5, 0.6) is 11.5 Å². The second kappa shape index (κ2) is 7.14. The summed E-state index contributed by atoms with van der Waals surface area (Å²) in [5.41, 5.74) is 6.63. The van der Waals surface area contributed by atoms with Crippen LogP contribution < -0.4 is 15.2 Å². The van der Waals surface area contributed by atoms with Crippen molar-refractivity contribution in [1.29, 1.82) is 0 Å². The molecule has 0 aliphatic heterocycles. The van der Waals surface area contributed by atoms with E-state index in [0.717, 1.165) is 17.1 Å². The molecular weight excluding hydrogens is 218 g/mol. The Labute approximate surface area is 103 Å². The maximum Gasteiger partial charge on any atom is 0.161 e. The predicted octanol–water partition coefficient (Wildman–Crippen LogP) is 1.96. The fraction of sp³-hybridized carbons (Fsp3) is 0.538. The average molecular weight is 239 g/mol. The molecule has 1 unspecified atom stereocenters. The van der Waals surface area contributed by atoms with E-state index in [-0.39, 0.29) is 6.10 Å². The molecule has 1 rings (SSSR count). The molecule has 1 atom stereocenters. The van der Waals surface area contributed by atoms with Gasteiger partial charge < -0.3 is 19.9 Å². The molecule has 0 bridgehead atoms. The number of rotatable bonds is 7. The van der Waals surface area contributed by atoms with Gasteiger partial charge >= 0.3 is 0 Å². The maximum absolute atomic E-state index is 5.75. The van der Waals surface area contributed by atoms with E-state index < -0.39 is 0 Å². The Morgan fingerprint density at radius 3 is 2.65 bits per heavy atom. The highest BCUT2D eigenvalue weighted by molar-refractivity contribution is 5.43. The Morgan fingerprint density at radius 2 is 2.06 bits per heavy atom. The smallest absolute Gasteiger partial charge is 0.161 e. The molecule has 1 aromatic rings. The van der Waals surface area contributed by atoms with Gasteiger partial charge in [-0.3, -0.25) is 0 Å². The SMILES string of the molecule is CCOc1cc(CN)ccc1OC(C)COC. The van der Waals surface area contributed by atoms with Crippen LogP contribution >= 0.6 is 0 Å². The summed E-state index contributed by atoms with van der Waals surface area (Å²) >= 11 is 0. The summed E-state index contributed by atoms with van der Waals surface area (Å²) in [5.74, 6) is 1.46. The minimum atomic E-state index is -0.0112. The maximum atomic E-state index is 5.75. The summed E-state index contributed by atoms with van der Waals surface area (Å²) in [7, 11) is 1.65.